The second-order valence-corrected chi connectivity index (χ2v) is 5.31. The lowest BCUT2D eigenvalue weighted by Crippen LogP contribution is -2.05. The van der Waals surface area contributed by atoms with Gasteiger partial charge in [0.2, 0.25) is 5.90 Å². The Morgan fingerprint density at radius 3 is 2.62 bits per heavy atom. The second-order valence-electron chi connectivity index (χ2n) is 5.31. The van der Waals surface area contributed by atoms with E-state index in [0.717, 1.165) is 11.1 Å². The van der Waals surface area contributed by atoms with Gasteiger partial charge < -0.3 is 14.2 Å². The molecule has 5 nitrogen and oxygen atoms in total. The molecule has 1 aliphatic heterocycles. The number of esters is 1. The van der Waals surface area contributed by atoms with Crippen molar-refractivity contribution in [3.8, 4) is 11.5 Å². The lowest BCUT2D eigenvalue weighted by Gasteiger charge is -2.07. The molecule has 0 N–H and O–H groups in total. The molecule has 0 aromatic heterocycles. The molecule has 0 saturated carbocycles. The van der Waals surface area contributed by atoms with E-state index < -0.39 is 5.97 Å². The van der Waals surface area contributed by atoms with Crippen molar-refractivity contribution in [2.45, 2.75) is 6.92 Å². The van der Waals surface area contributed by atoms with E-state index in [-0.39, 0.29) is 5.70 Å². The van der Waals surface area contributed by atoms with Gasteiger partial charge in [0, 0.05) is 11.1 Å². The monoisotopic (exact) mass is 323 g/mol. The predicted octanol–water partition coefficient (Wildman–Crippen LogP) is 3.36. The molecule has 0 amide bonds. The topological polar surface area (TPSA) is 57.1 Å². The summed E-state index contributed by atoms with van der Waals surface area (Å²) in [5.74, 6) is 1.10. The maximum atomic E-state index is 12.1. The number of benzene rings is 2. The average molecular weight is 323 g/mol. The number of carbonyl (C=O) groups is 1. The minimum absolute atomic E-state index is 0.220. The quantitative estimate of drug-likeness (QED) is 0.639. The van der Waals surface area contributed by atoms with Crippen molar-refractivity contribution in [2.75, 3.05) is 14.2 Å². The maximum absolute atomic E-state index is 12.1. The van der Waals surface area contributed by atoms with E-state index in [1.165, 1.54) is 0 Å². The van der Waals surface area contributed by atoms with E-state index >= 15 is 0 Å². The van der Waals surface area contributed by atoms with Gasteiger partial charge in [-0.25, -0.2) is 9.79 Å². The van der Waals surface area contributed by atoms with Crippen LogP contribution in [0.5, 0.6) is 11.5 Å². The first-order valence-electron chi connectivity index (χ1n) is 7.42. The van der Waals surface area contributed by atoms with Crippen molar-refractivity contribution in [3.05, 3.63) is 64.9 Å². The highest BCUT2D eigenvalue weighted by molar-refractivity contribution is 6.13. The molecule has 1 aliphatic rings. The van der Waals surface area contributed by atoms with Crippen LogP contribution in [-0.2, 0) is 9.53 Å². The fraction of sp³-hybridized carbons (Fsp3) is 0.158. The van der Waals surface area contributed by atoms with Crippen LogP contribution in [0.2, 0.25) is 0 Å². The first kappa shape index (κ1) is 15.8. The molecule has 2 aromatic carbocycles. The summed E-state index contributed by atoms with van der Waals surface area (Å²) >= 11 is 0. The average Bonchev–Trinajstić information content (AvgIpc) is 2.95. The minimum Gasteiger partial charge on any atom is -0.497 e. The number of nitrogens with zero attached hydrogens (tertiary/aromatic N) is 1. The van der Waals surface area contributed by atoms with Crippen molar-refractivity contribution >= 4 is 17.9 Å². The summed E-state index contributed by atoms with van der Waals surface area (Å²) in [6.07, 6.45) is 1.63. The van der Waals surface area contributed by atoms with Crippen LogP contribution in [0, 0.1) is 6.92 Å². The van der Waals surface area contributed by atoms with Crippen molar-refractivity contribution < 1.29 is 19.0 Å². The number of hydrogen-bond acceptors (Lipinski definition) is 5. The van der Waals surface area contributed by atoms with Gasteiger partial charge in [-0.05, 0) is 43.3 Å². The number of cyclic esters (lactones) is 1. The third-order valence-corrected chi connectivity index (χ3v) is 3.61. The van der Waals surface area contributed by atoms with Crippen molar-refractivity contribution in [1.29, 1.82) is 0 Å². The molecule has 0 radical (unpaired) electrons. The molecular weight excluding hydrogens is 306 g/mol. The zero-order valence-electron chi connectivity index (χ0n) is 13.7. The number of aryl methyl sites for hydroxylation is 1. The van der Waals surface area contributed by atoms with Crippen LogP contribution in [-0.4, -0.2) is 26.1 Å². The third-order valence-electron chi connectivity index (χ3n) is 3.61. The number of carbonyl (C=O) groups excluding carboxylic acids is 1. The summed E-state index contributed by atoms with van der Waals surface area (Å²) in [6.45, 7) is 1.97. The Labute approximate surface area is 140 Å². The molecule has 0 aliphatic carbocycles. The van der Waals surface area contributed by atoms with Crippen LogP contribution in [0.1, 0.15) is 16.7 Å². The number of rotatable bonds is 4. The van der Waals surface area contributed by atoms with E-state index in [1.807, 2.05) is 31.2 Å². The van der Waals surface area contributed by atoms with Gasteiger partial charge in [0.1, 0.15) is 11.5 Å². The van der Waals surface area contributed by atoms with Gasteiger partial charge in [-0.1, -0.05) is 17.7 Å². The molecule has 0 bridgehead atoms. The van der Waals surface area contributed by atoms with Gasteiger partial charge in [-0.15, -0.1) is 0 Å². The van der Waals surface area contributed by atoms with Crippen molar-refractivity contribution in [3.63, 3.8) is 0 Å². The normalized spacial score (nSPS) is 15.2. The van der Waals surface area contributed by atoms with E-state index in [0.29, 0.717) is 23.0 Å². The van der Waals surface area contributed by atoms with Crippen molar-refractivity contribution in [2.24, 2.45) is 4.99 Å². The van der Waals surface area contributed by atoms with Crippen LogP contribution in [0.4, 0.5) is 0 Å². The molecule has 3 rings (SSSR count). The van der Waals surface area contributed by atoms with E-state index in [4.69, 9.17) is 14.2 Å². The van der Waals surface area contributed by atoms with Gasteiger partial charge in [0.15, 0.2) is 5.70 Å². The number of methoxy groups -OCH3 is 2. The van der Waals surface area contributed by atoms with Crippen LogP contribution in [0.15, 0.2) is 53.2 Å². The first-order chi connectivity index (χ1) is 11.6. The van der Waals surface area contributed by atoms with Crippen LogP contribution in [0.3, 0.4) is 0 Å². The zero-order chi connectivity index (χ0) is 17.1. The van der Waals surface area contributed by atoms with Gasteiger partial charge in [0.05, 0.1) is 14.2 Å². The summed E-state index contributed by atoms with van der Waals surface area (Å²) in [5, 5.41) is 0. The molecule has 122 valence electrons. The number of ether oxygens (including phenoxy) is 3. The summed E-state index contributed by atoms with van der Waals surface area (Å²) in [5.41, 5.74) is 2.75. The lowest BCUT2D eigenvalue weighted by atomic mass is 10.1. The van der Waals surface area contributed by atoms with E-state index in [1.54, 1.807) is 38.5 Å². The summed E-state index contributed by atoms with van der Waals surface area (Å²) in [4.78, 5) is 16.4. The molecule has 0 atom stereocenters. The summed E-state index contributed by atoms with van der Waals surface area (Å²) < 4.78 is 15.8. The molecular formula is C19H17NO4. The SMILES string of the molecule is COc1ccc(OC)c(/C=C2\N=C(c3cccc(C)c3)OC2=O)c1. The lowest BCUT2D eigenvalue weighted by molar-refractivity contribution is -0.129. The minimum atomic E-state index is -0.489. The van der Waals surface area contributed by atoms with Crippen LogP contribution >= 0.6 is 0 Å². The van der Waals surface area contributed by atoms with E-state index in [9.17, 15) is 4.79 Å². The Morgan fingerprint density at radius 2 is 1.92 bits per heavy atom. The van der Waals surface area contributed by atoms with Gasteiger partial charge in [-0.2, -0.15) is 0 Å². The highest BCUT2D eigenvalue weighted by atomic mass is 16.6. The smallest absolute Gasteiger partial charge is 0.363 e. The Hall–Kier alpha value is -3.08. The zero-order valence-corrected chi connectivity index (χ0v) is 13.7. The maximum Gasteiger partial charge on any atom is 0.363 e. The molecule has 2 aromatic rings. The second kappa shape index (κ2) is 6.58. The first-order valence-corrected chi connectivity index (χ1v) is 7.42. The molecule has 0 saturated heterocycles. The molecule has 24 heavy (non-hydrogen) atoms. The van der Waals surface area contributed by atoms with Gasteiger partial charge in [-0.3, -0.25) is 0 Å². The Morgan fingerprint density at radius 1 is 1.08 bits per heavy atom. The molecule has 0 fully saturated rings. The van der Waals surface area contributed by atoms with Crippen LogP contribution in [0.25, 0.3) is 6.08 Å². The summed E-state index contributed by atoms with van der Waals surface area (Å²) in [6, 6.07) is 13.0. The Bertz CT molecular complexity index is 852. The van der Waals surface area contributed by atoms with Gasteiger partial charge >= 0.3 is 5.97 Å². The van der Waals surface area contributed by atoms with Crippen molar-refractivity contribution in [1.82, 2.24) is 0 Å². The highest BCUT2D eigenvalue weighted by Crippen LogP contribution is 2.28. The predicted molar refractivity (Wildman–Crippen MR) is 91.3 cm³/mol. The number of hydrogen-bond donors (Lipinski definition) is 0. The Balaban J connectivity index is 2.00. The summed E-state index contributed by atoms with van der Waals surface area (Å²) in [7, 11) is 3.15. The van der Waals surface area contributed by atoms with E-state index in [2.05, 4.69) is 4.99 Å². The van der Waals surface area contributed by atoms with Gasteiger partial charge in [0.25, 0.3) is 0 Å². The third kappa shape index (κ3) is 3.15. The molecule has 5 heteroatoms. The molecule has 0 spiro atoms. The molecule has 0 unspecified atom stereocenters. The molecule has 1 heterocycles. The number of aliphatic imine (C=N–C) groups is 1. The standard InChI is InChI=1S/C19H17NO4/c1-12-5-4-6-13(9-12)18-20-16(19(21)24-18)11-14-10-15(22-2)7-8-17(14)23-3/h4-11H,1-3H3/b16-11-. The fourth-order valence-corrected chi connectivity index (χ4v) is 2.41. The highest BCUT2D eigenvalue weighted by Gasteiger charge is 2.24. The van der Waals surface area contributed by atoms with Crippen LogP contribution < -0.4 is 9.47 Å². The Kier molecular flexibility index (Phi) is 4.33. The fourth-order valence-electron chi connectivity index (χ4n) is 2.41. The largest absolute Gasteiger partial charge is 0.497 e.